The zero-order valence-electron chi connectivity index (χ0n) is 7.14. The van der Waals surface area contributed by atoms with Crippen LogP contribution in [0.2, 0.25) is 0 Å². The molecule has 0 aliphatic rings. The number of hydrogen-bond acceptors (Lipinski definition) is 0. The Hall–Kier alpha value is -0.520. The van der Waals surface area contributed by atoms with E-state index in [0.29, 0.717) is 0 Å². The summed E-state index contributed by atoms with van der Waals surface area (Å²) in [5, 5.41) is 0. The number of hydrogen-bond donors (Lipinski definition) is 0. The quantitative estimate of drug-likeness (QED) is 0.510. The lowest BCUT2D eigenvalue weighted by Crippen LogP contribution is -1.92. The smallest absolute Gasteiger partial charge is 0.0199 e. The van der Waals surface area contributed by atoms with Crippen LogP contribution in [0.25, 0.3) is 0 Å². The van der Waals surface area contributed by atoms with Gasteiger partial charge in [0.1, 0.15) is 0 Å². The Bertz CT molecular complexity index is 101. The fraction of sp³-hybridized carbons (Fsp3) is 0.600. The van der Waals surface area contributed by atoms with E-state index < -0.39 is 0 Å². The van der Waals surface area contributed by atoms with E-state index in [0.717, 1.165) is 12.3 Å². The highest BCUT2D eigenvalue weighted by molar-refractivity contribution is 4.89. The summed E-state index contributed by atoms with van der Waals surface area (Å²) >= 11 is 0. The molecular formula is C10H18. The Labute approximate surface area is 64.6 Å². The second-order valence-electron chi connectivity index (χ2n) is 2.60. The SMILES string of the molecule is C=CCC(/C=C/C)CCC. The van der Waals surface area contributed by atoms with Gasteiger partial charge in [-0.3, -0.25) is 0 Å². The average Bonchev–Trinajstić information content (AvgIpc) is 1.90. The summed E-state index contributed by atoms with van der Waals surface area (Å²) in [5.41, 5.74) is 0. The summed E-state index contributed by atoms with van der Waals surface area (Å²) < 4.78 is 0. The van der Waals surface area contributed by atoms with Gasteiger partial charge >= 0.3 is 0 Å². The molecule has 0 aliphatic heterocycles. The molecule has 0 nitrogen and oxygen atoms in total. The Kier molecular flexibility index (Phi) is 6.25. The van der Waals surface area contributed by atoms with Crippen molar-refractivity contribution >= 4 is 0 Å². The van der Waals surface area contributed by atoms with E-state index >= 15 is 0 Å². The third-order valence-corrected chi connectivity index (χ3v) is 1.59. The van der Waals surface area contributed by atoms with Crippen LogP contribution in [0.15, 0.2) is 24.8 Å². The van der Waals surface area contributed by atoms with Gasteiger partial charge in [0.05, 0.1) is 0 Å². The molecule has 0 radical (unpaired) electrons. The van der Waals surface area contributed by atoms with Crippen molar-refractivity contribution in [2.75, 3.05) is 0 Å². The van der Waals surface area contributed by atoms with Crippen molar-refractivity contribution < 1.29 is 0 Å². The van der Waals surface area contributed by atoms with Crippen molar-refractivity contribution in [3.8, 4) is 0 Å². The lowest BCUT2D eigenvalue weighted by atomic mass is 10.00. The summed E-state index contributed by atoms with van der Waals surface area (Å²) in [6, 6.07) is 0. The van der Waals surface area contributed by atoms with Crippen molar-refractivity contribution in [2.24, 2.45) is 5.92 Å². The first-order chi connectivity index (χ1) is 4.85. The van der Waals surface area contributed by atoms with Gasteiger partial charge in [0.2, 0.25) is 0 Å². The Morgan fingerprint density at radius 1 is 1.50 bits per heavy atom. The number of rotatable bonds is 5. The van der Waals surface area contributed by atoms with Crippen LogP contribution in [0.5, 0.6) is 0 Å². The summed E-state index contributed by atoms with van der Waals surface area (Å²) in [6.45, 7) is 8.03. The predicted octanol–water partition coefficient (Wildman–Crippen LogP) is 3.55. The molecule has 0 N–H and O–H groups in total. The summed E-state index contributed by atoms with van der Waals surface area (Å²) in [5.74, 6) is 0.729. The summed E-state index contributed by atoms with van der Waals surface area (Å²) in [7, 11) is 0. The molecule has 0 aromatic rings. The lowest BCUT2D eigenvalue weighted by molar-refractivity contribution is 0.588. The molecule has 0 fully saturated rings. The molecule has 0 bridgehead atoms. The fourth-order valence-corrected chi connectivity index (χ4v) is 1.15. The Morgan fingerprint density at radius 2 is 2.20 bits per heavy atom. The molecule has 0 saturated heterocycles. The van der Waals surface area contributed by atoms with Crippen molar-refractivity contribution in [1.29, 1.82) is 0 Å². The van der Waals surface area contributed by atoms with Crippen LogP contribution in [0.4, 0.5) is 0 Å². The molecule has 0 spiro atoms. The van der Waals surface area contributed by atoms with Crippen molar-refractivity contribution in [2.45, 2.75) is 33.1 Å². The lowest BCUT2D eigenvalue weighted by Gasteiger charge is -2.06. The van der Waals surface area contributed by atoms with Gasteiger partial charge in [0.15, 0.2) is 0 Å². The summed E-state index contributed by atoms with van der Waals surface area (Å²) in [4.78, 5) is 0. The first kappa shape index (κ1) is 9.48. The van der Waals surface area contributed by atoms with E-state index in [1.165, 1.54) is 12.8 Å². The van der Waals surface area contributed by atoms with Crippen molar-refractivity contribution in [3.63, 3.8) is 0 Å². The van der Waals surface area contributed by atoms with E-state index in [9.17, 15) is 0 Å². The monoisotopic (exact) mass is 138 g/mol. The normalized spacial score (nSPS) is 13.8. The molecule has 0 rings (SSSR count). The zero-order chi connectivity index (χ0) is 7.82. The maximum Gasteiger partial charge on any atom is -0.0199 e. The molecule has 0 saturated carbocycles. The van der Waals surface area contributed by atoms with Crippen LogP contribution < -0.4 is 0 Å². The highest BCUT2D eigenvalue weighted by Crippen LogP contribution is 2.12. The molecule has 1 unspecified atom stereocenters. The van der Waals surface area contributed by atoms with E-state index in [1.54, 1.807) is 0 Å². The van der Waals surface area contributed by atoms with Gasteiger partial charge in [-0.2, -0.15) is 0 Å². The van der Waals surface area contributed by atoms with Crippen LogP contribution in [0.3, 0.4) is 0 Å². The van der Waals surface area contributed by atoms with E-state index in [2.05, 4.69) is 32.6 Å². The maximum atomic E-state index is 3.73. The first-order valence-electron chi connectivity index (χ1n) is 4.08. The fourth-order valence-electron chi connectivity index (χ4n) is 1.15. The van der Waals surface area contributed by atoms with E-state index in [-0.39, 0.29) is 0 Å². The van der Waals surface area contributed by atoms with Crippen LogP contribution in [-0.2, 0) is 0 Å². The van der Waals surface area contributed by atoms with Gasteiger partial charge in [-0.25, -0.2) is 0 Å². The first-order valence-corrected chi connectivity index (χ1v) is 4.08. The van der Waals surface area contributed by atoms with Crippen molar-refractivity contribution in [1.82, 2.24) is 0 Å². The molecule has 0 aromatic carbocycles. The molecule has 0 aliphatic carbocycles. The minimum Gasteiger partial charge on any atom is -0.103 e. The largest absolute Gasteiger partial charge is 0.103 e. The van der Waals surface area contributed by atoms with Gasteiger partial charge in [0, 0.05) is 0 Å². The van der Waals surface area contributed by atoms with Gasteiger partial charge in [-0.05, 0) is 25.7 Å². The number of allylic oxidation sites excluding steroid dienone is 3. The van der Waals surface area contributed by atoms with Crippen LogP contribution >= 0.6 is 0 Å². The van der Waals surface area contributed by atoms with Crippen molar-refractivity contribution in [3.05, 3.63) is 24.8 Å². The predicted molar refractivity (Wildman–Crippen MR) is 48.0 cm³/mol. The highest BCUT2D eigenvalue weighted by Gasteiger charge is 1.98. The second kappa shape index (κ2) is 6.60. The van der Waals surface area contributed by atoms with Gasteiger partial charge < -0.3 is 0 Å². The van der Waals surface area contributed by atoms with Crippen LogP contribution in [0, 0.1) is 5.92 Å². The molecule has 0 aromatic heterocycles. The molecule has 58 valence electrons. The zero-order valence-corrected chi connectivity index (χ0v) is 7.14. The van der Waals surface area contributed by atoms with Crippen LogP contribution in [-0.4, -0.2) is 0 Å². The molecule has 1 atom stereocenters. The summed E-state index contributed by atoms with van der Waals surface area (Å²) in [6.07, 6.45) is 10.1. The topological polar surface area (TPSA) is 0 Å². The molecule has 10 heavy (non-hydrogen) atoms. The van der Waals surface area contributed by atoms with E-state index in [4.69, 9.17) is 0 Å². The third-order valence-electron chi connectivity index (χ3n) is 1.59. The molecule has 0 heteroatoms. The van der Waals surface area contributed by atoms with Gasteiger partial charge in [0.25, 0.3) is 0 Å². The van der Waals surface area contributed by atoms with Gasteiger partial charge in [-0.1, -0.05) is 31.6 Å². The second-order valence-corrected chi connectivity index (χ2v) is 2.60. The Balaban J connectivity index is 3.60. The average molecular weight is 138 g/mol. The Morgan fingerprint density at radius 3 is 2.60 bits per heavy atom. The van der Waals surface area contributed by atoms with Crippen LogP contribution in [0.1, 0.15) is 33.1 Å². The standard InChI is InChI=1S/C10H18/c1-4-7-10(8-5-2)9-6-3/h4-5,8,10H,1,6-7,9H2,2-3H3/b8-5+. The van der Waals surface area contributed by atoms with E-state index in [1.807, 2.05) is 6.08 Å². The molecule has 0 amide bonds. The highest BCUT2D eigenvalue weighted by atomic mass is 14.0. The maximum absolute atomic E-state index is 3.73. The van der Waals surface area contributed by atoms with Gasteiger partial charge in [-0.15, -0.1) is 6.58 Å². The minimum atomic E-state index is 0.729. The molecule has 0 heterocycles. The third kappa shape index (κ3) is 4.37. The minimum absolute atomic E-state index is 0.729. The molecular weight excluding hydrogens is 120 g/mol.